The van der Waals surface area contributed by atoms with E-state index in [0.717, 1.165) is 25.7 Å². The van der Waals surface area contributed by atoms with Gasteiger partial charge in [0.1, 0.15) is 0 Å². The van der Waals surface area contributed by atoms with Crippen molar-refractivity contribution in [2.45, 2.75) is 38.1 Å². The van der Waals surface area contributed by atoms with Gasteiger partial charge in [-0.15, -0.1) is 0 Å². The SMILES string of the molecule is NC(=O)C1CCCCC(N)C(CO)C1. The van der Waals surface area contributed by atoms with Gasteiger partial charge in [0, 0.05) is 18.6 Å². The standard InChI is InChI=1S/C10H20N2O2/c11-9-4-2-1-3-7(10(12)14)5-8(9)6-13/h7-9,13H,1-6,11H2,(H2,12,14). The zero-order valence-corrected chi connectivity index (χ0v) is 8.48. The topological polar surface area (TPSA) is 89.3 Å². The molecule has 0 radical (unpaired) electrons. The molecule has 0 aromatic rings. The molecule has 0 aromatic heterocycles. The second-order valence-corrected chi connectivity index (χ2v) is 4.23. The number of amides is 1. The third-order valence-electron chi connectivity index (χ3n) is 3.17. The first kappa shape index (κ1) is 11.5. The fourth-order valence-electron chi connectivity index (χ4n) is 2.13. The van der Waals surface area contributed by atoms with Gasteiger partial charge in [-0.25, -0.2) is 0 Å². The number of aliphatic hydroxyl groups excluding tert-OH is 1. The van der Waals surface area contributed by atoms with E-state index in [1.165, 1.54) is 0 Å². The Bertz CT molecular complexity index is 197. The van der Waals surface area contributed by atoms with Gasteiger partial charge in [0.2, 0.25) is 5.91 Å². The van der Waals surface area contributed by atoms with Crippen LogP contribution in [0, 0.1) is 11.8 Å². The minimum Gasteiger partial charge on any atom is -0.396 e. The Balaban J connectivity index is 2.59. The molecule has 0 spiro atoms. The van der Waals surface area contributed by atoms with Crippen molar-refractivity contribution >= 4 is 5.91 Å². The monoisotopic (exact) mass is 200 g/mol. The van der Waals surface area contributed by atoms with Crippen molar-refractivity contribution in [3.8, 4) is 0 Å². The molecule has 0 aromatic carbocycles. The molecule has 0 bridgehead atoms. The van der Waals surface area contributed by atoms with Gasteiger partial charge in [0.15, 0.2) is 0 Å². The molecule has 5 N–H and O–H groups in total. The molecule has 1 rings (SSSR count). The summed E-state index contributed by atoms with van der Waals surface area (Å²) in [5.74, 6) is -0.316. The van der Waals surface area contributed by atoms with Gasteiger partial charge in [-0.05, 0) is 25.2 Å². The minimum absolute atomic E-state index is 0.0159. The maximum atomic E-state index is 11.1. The van der Waals surface area contributed by atoms with Gasteiger partial charge >= 0.3 is 0 Å². The molecular formula is C10H20N2O2. The third kappa shape index (κ3) is 2.96. The lowest BCUT2D eigenvalue weighted by molar-refractivity contribution is -0.122. The highest BCUT2D eigenvalue weighted by Crippen LogP contribution is 2.25. The number of nitrogens with two attached hydrogens (primary N) is 2. The zero-order chi connectivity index (χ0) is 10.6. The number of aliphatic hydroxyl groups is 1. The highest BCUT2D eigenvalue weighted by Gasteiger charge is 2.26. The van der Waals surface area contributed by atoms with Crippen molar-refractivity contribution in [1.29, 1.82) is 0 Å². The highest BCUT2D eigenvalue weighted by molar-refractivity contribution is 5.76. The molecule has 4 nitrogen and oxygen atoms in total. The third-order valence-corrected chi connectivity index (χ3v) is 3.17. The molecule has 1 aliphatic rings. The van der Waals surface area contributed by atoms with Gasteiger partial charge in [-0.2, -0.15) is 0 Å². The number of carbonyl (C=O) groups is 1. The van der Waals surface area contributed by atoms with Crippen LogP contribution in [0.4, 0.5) is 0 Å². The maximum Gasteiger partial charge on any atom is 0.220 e. The van der Waals surface area contributed by atoms with E-state index in [9.17, 15) is 4.79 Å². The largest absolute Gasteiger partial charge is 0.396 e. The van der Waals surface area contributed by atoms with Crippen molar-refractivity contribution in [3.05, 3.63) is 0 Å². The van der Waals surface area contributed by atoms with E-state index in [1.807, 2.05) is 0 Å². The Hall–Kier alpha value is -0.610. The normalized spacial score (nSPS) is 34.6. The molecule has 0 aliphatic heterocycles. The van der Waals surface area contributed by atoms with Crippen molar-refractivity contribution in [2.75, 3.05) is 6.61 Å². The lowest BCUT2D eigenvalue weighted by atomic mass is 9.82. The van der Waals surface area contributed by atoms with Crippen molar-refractivity contribution in [3.63, 3.8) is 0 Å². The smallest absolute Gasteiger partial charge is 0.220 e. The summed E-state index contributed by atoms with van der Waals surface area (Å²) < 4.78 is 0. The van der Waals surface area contributed by atoms with Gasteiger partial charge in [-0.1, -0.05) is 12.8 Å². The zero-order valence-electron chi connectivity index (χ0n) is 8.48. The second-order valence-electron chi connectivity index (χ2n) is 4.23. The Morgan fingerprint density at radius 2 is 2.00 bits per heavy atom. The Morgan fingerprint density at radius 3 is 2.57 bits per heavy atom. The molecule has 3 atom stereocenters. The van der Waals surface area contributed by atoms with E-state index in [1.54, 1.807) is 0 Å². The molecule has 1 saturated carbocycles. The summed E-state index contributed by atoms with van der Waals surface area (Å²) in [6, 6.07) is 0.0159. The summed E-state index contributed by atoms with van der Waals surface area (Å²) >= 11 is 0. The first-order valence-electron chi connectivity index (χ1n) is 5.31. The lowest BCUT2D eigenvalue weighted by Crippen LogP contribution is -2.37. The van der Waals surface area contributed by atoms with E-state index < -0.39 is 0 Å². The van der Waals surface area contributed by atoms with Crippen LogP contribution in [-0.4, -0.2) is 23.7 Å². The molecule has 1 amide bonds. The molecule has 1 fully saturated rings. The van der Waals surface area contributed by atoms with Crippen LogP contribution in [0.3, 0.4) is 0 Å². The number of hydrogen-bond acceptors (Lipinski definition) is 3. The summed E-state index contributed by atoms with van der Waals surface area (Å²) in [6.07, 6.45) is 4.48. The van der Waals surface area contributed by atoms with Crippen molar-refractivity contribution < 1.29 is 9.90 Å². The quantitative estimate of drug-likeness (QED) is 0.585. The van der Waals surface area contributed by atoms with Crippen molar-refractivity contribution in [1.82, 2.24) is 0 Å². The summed E-state index contributed by atoms with van der Waals surface area (Å²) in [4.78, 5) is 11.1. The van der Waals surface area contributed by atoms with E-state index in [4.69, 9.17) is 16.6 Å². The predicted octanol–water partition coefficient (Wildman–Crippen LogP) is -0.0122. The van der Waals surface area contributed by atoms with E-state index in [2.05, 4.69) is 0 Å². The molecular weight excluding hydrogens is 180 g/mol. The summed E-state index contributed by atoms with van der Waals surface area (Å²) in [5, 5.41) is 9.15. The average Bonchev–Trinajstić information content (AvgIpc) is 2.12. The van der Waals surface area contributed by atoms with E-state index in [-0.39, 0.29) is 30.4 Å². The van der Waals surface area contributed by atoms with Crippen molar-refractivity contribution in [2.24, 2.45) is 23.3 Å². The van der Waals surface area contributed by atoms with Gasteiger partial charge in [0.25, 0.3) is 0 Å². The summed E-state index contributed by atoms with van der Waals surface area (Å²) in [7, 11) is 0. The average molecular weight is 200 g/mol. The van der Waals surface area contributed by atoms with Crippen LogP contribution in [0.15, 0.2) is 0 Å². The molecule has 0 saturated heterocycles. The summed E-state index contributed by atoms with van der Waals surface area (Å²) in [6.45, 7) is 0.0605. The van der Waals surface area contributed by atoms with Crippen LogP contribution in [0.2, 0.25) is 0 Å². The summed E-state index contributed by atoms with van der Waals surface area (Å²) in [5.41, 5.74) is 11.2. The van der Waals surface area contributed by atoms with Gasteiger partial charge in [-0.3, -0.25) is 4.79 Å². The van der Waals surface area contributed by atoms with E-state index >= 15 is 0 Å². The first-order valence-corrected chi connectivity index (χ1v) is 5.31. The minimum atomic E-state index is -0.252. The molecule has 3 unspecified atom stereocenters. The van der Waals surface area contributed by atoms with Gasteiger partial charge < -0.3 is 16.6 Å². The van der Waals surface area contributed by atoms with Crippen LogP contribution in [0.1, 0.15) is 32.1 Å². The molecule has 14 heavy (non-hydrogen) atoms. The number of primary amides is 1. The highest BCUT2D eigenvalue weighted by atomic mass is 16.3. The maximum absolute atomic E-state index is 11.1. The van der Waals surface area contributed by atoms with Crippen LogP contribution < -0.4 is 11.5 Å². The van der Waals surface area contributed by atoms with Crippen LogP contribution >= 0.6 is 0 Å². The van der Waals surface area contributed by atoms with Crippen LogP contribution in [0.25, 0.3) is 0 Å². The first-order chi connectivity index (χ1) is 6.65. The van der Waals surface area contributed by atoms with Crippen LogP contribution in [-0.2, 0) is 4.79 Å². The predicted molar refractivity (Wildman–Crippen MR) is 54.3 cm³/mol. The fourth-order valence-corrected chi connectivity index (χ4v) is 2.13. The Morgan fingerprint density at radius 1 is 1.36 bits per heavy atom. The van der Waals surface area contributed by atoms with E-state index in [0.29, 0.717) is 6.42 Å². The number of carbonyl (C=O) groups excluding carboxylic acids is 1. The molecule has 0 heterocycles. The second kappa shape index (κ2) is 5.32. The fraction of sp³-hybridized carbons (Fsp3) is 0.900. The number of hydrogen-bond donors (Lipinski definition) is 3. The lowest BCUT2D eigenvalue weighted by Gasteiger charge is -2.28. The number of rotatable bonds is 2. The van der Waals surface area contributed by atoms with Gasteiger partial charge in [0.05, 0.1) is 0 Å². The Kier molecular flexibility index (Phi) is 4.35. The molecule has 4 heteroatoms. The molecule has 82 valence electrons. The Labute approximate surface area is 84.7 Å². The molecule has 1 aliphatic carbocycles. The van der Waals surface area contributed by atoms with Crippen LogP contribution in [0.5, 0.6) is 0 Å².